The Kier molecular flexibility index (Phi) is 5.68. The summed E-state index contributed by atoms with van der Waals surface area (Å²) in [6.45, 7) is 3.39. The van der Waals surface area contributed by atoms with Crippen molar-refractivity contribution in [3.8, 4) is 11.8 Å². The van der Waals surface area contributed by atoms with Crippen molar-refractivity contribution < 1.29 is 19.0 Å². The number of likely N-dealkylation sites (tertiary alicyclic amines) is 1. The van der Waals surface area contributed by atoms with E-state index in [4.69, 9.17) is 14.2 Å². The number of carbonyl (C=O) groups is 1. The number of ether oxygens (including phenoxy) is 3. The molecule has 1 amide bonds. The van der Waals surface area contributed by atoms with Crippen LogP contribution in [0.25, 0.3) is 0 Å². The van der Waals surface area contributed by atoms with Crippen LogP contribution < -0.4 is 9.47 Å². The van der Waals surface area contributed by atoms with E-state index < -0.39 is 5.60 Å². The van der Waals surface area contributed by atoms with E-state index in [0.717, 1.165) is 5.75 Å². The zero-order valence-electron chi connectivity index (χ0n) is 15.1. The second-order valence-electron chi connectivity index (χ2n) is 6.37. The van der Waals surface area contributed by atoms with Crippen molar-refractivity contribution >= 4 is 5.91 Å². The topological polar surface area (TPSA) is 73.8 Å². The number of carbonyl (C=O) groups excluding carboxylic acids is 1. The minimum Gasteiger partial charge on any atom is -0.491 e. The van der Waals surface area contributed by atoms with E-state index >= 15 is 0 Å². The van der Waals surface area contributed by atoms with Crippen LogP contribution in [-0.2, 0) is 9.53 Å². The molecule has 1 aromatic heterocycles. The fraction of sp³-hybridized carbons (Fsp3) is 0.421. The first-order valence-electron chi connectivity index (χ1n) is 8.52. The van der Waals surface area contributed by atoms with Gasteiger partial charge in [-0.15, -0.1) is 0 Å². The Morgan fingerprint density at radius 1 is 1.19 bits per heavy atom. The Bertz CT molecular complexity index is 723. The van der Waals surface area contributed by atoms with Crippen LogP contribution in [0.3, 0.4) is 0 Å². The third-order valence-corrected chi connectivity index (χ3v) is 4.49. The highest BCUT2D eigenvalue weighted by Crippen LogP contribution is 2.26. The monoisotopic (exact) mass is 357 g/mol. The van der Waals surface area contributed by atoms with Gasteiger partial charge in [-0.3, -0.25) is 4.79 Å². The first-order chi connectivity index (χ1) is 12.6. The Morgan fingerprint density at radius 2 is 1.92 bits per heavy atom. The van der Waals surface area contributed by atoms with E-state index in [1.807, 2.05) is 31.2 Å². The molecule has 0 N–H and O–H groups in total. The van der Waals surface area contributed by atoms with E-state index in [2.05, 4.69) is 9.97 Å². The third kappa shape index (κ3) is 4.49. The molecular weight excluding hydrogens is 334 g/mol. The maximum absolute atomic E-state index is 12.4. The quantitative estimate of drug-likeness (QED) is 0.753. The average Bonchev–Trinajstić information content (AvgIpc) is 3.12. The number of aromatic nitrogens is 2. The minimum atomic E-state index is -0.510. The van der Waals surface area contributed by atoms with Crippen LogP contribution in [0.5, 0.6) is 11.8 Å². The van der Waals surface area contributed by atoms with Crippen LogP contribution in [0.15, 0.2) is 42.7 Å². The molecule has 7 nitrogen and oxygen atoms in total. The maximum Gasteiger partial charge on any atom is 0.316 e. The van der Waals surface area contributed by atoms with Gasteiger partial charge in [0, 0.05) is 26.0 Å². The van der Waals surface area contributed by atoms with Gasteiger partial charge in [0.1, 0.15) is 18.0 Å². The summed E-state index contributed by atoms with van der Waals surface area (Å²) in [6, 6.07) is 9.76. The highest BCUT2D eigenvalue weighted by Gasteiger charge is 2.41. The molecule has 1 fully saturated rings. The Morgan fingerprint density at radius 3 is 2.62 bits per heavy atom. The fourth-order valence-electron chi connectivity index (χ4n) is 2.83. The Labute approximate surface area is 152 Å². The van der Waals surface area contributed by atoms with Gasteiger partial charge in [-0.05, 0) is 31.5 Å². The summed E-state index contributed by atoms with van der Waals surface area (Å²) in [5.41, 5.74) is 0.669. The molecule has 0 radical (unpaired) electrons. The van der Waals surface area contributed by atoms with E-state index in [1.165, 1.54) is 5.56 Å². The molecule has 0 aliphatic carbocycles. The van der Waals surface area contributed by atoms with Gasteiger partial charge < -0.3 is 19.1 Å². The molecule has 138 valence electrons. The van der Waals surface area contributed by atoms with Crippen LogP contribution in [0.1, 0.15) is 12.0 Å². The average molecular weight is 357 g/mol. The molecule has 0 saturated carbocycles. The molecule has 2 heterocycles. The Balaban J connectivity index is 1.52. The van der Waals surface area contributed by atoms with Gasteiger partial charge >= 0.3 is 6.01 Å². The van der Waals surface area contributed by atoms with Gasteiger partial charge in [-0.25, -0.2) is 9.97 Å². The van der Waals surface area contributed by atoms with Crippen molar-refractivity contribution in [2.75, 3.05) is 33.4 Å². The predicted molar refractivity (Wildman–Crippen MR) is 95.1 cm³/mol. The van der Waals surface area contributed by atoms with Gasteiger partial charge in [0.05, 0.1) is 6.54 Å². The number of methoxy groups -OCH3 is 1. The number of aryl methyl sites for hydroxylation is 1. The molecule has 3 rings (SSSR count). The molecule has 1 aromatic carbocycles. The standard InChI is InChI=1S/C19H23N3O4/c1-15-4-6-16(7-5-15)26-14-19(24-2)8-11-22(13-19)17(23)12-25-18-20-9-3-10-21-18/h3-7,9-10H,8,11-14H2,1-2H3/t19-/m0/s1. The molecule has 0 bridgehead atoms. The van der Waals surface area contributed by atoms with Crippen LogP contribution in [-0.4, -0.2) is 59.8 Å². The lowest BCUT2D eigenvalue weighted by Crippen LogP contribution is -2.43. The van der Waals surface area contributed by atoms with Gasteiger partial charge in [0.25, 0.3) is 5.91 Å². The first-order valence-corrected chi connectivity index (χ1v) is 8.52. The summed E-state index contributed by atoms with van der Waals surface area (Å²) in [6.07, 6.45) is 3.85. The van der Waals surface area contributed by atoms with Crippen molar-refractivity contribution in [3.63, 3.8) is 0 Å². The highest BCUT2D eigenvalue weighted by atomic mass is 16.5. The third-order valence-electron chi connectivity index (χ3n) is 4.49. The van der Waals surface area contributed by atoms with Crippen molar-refractivity contribution in [1.29, 1.82) is 0 Å². The smallest absolute Gasteiger partial charge is 0.316 e. The van der Waals surface area contributed by atoms with Crippen molar-refractivity contribution in [2.24, 2.45) is 0 Å². The molecule has 26 heavy (non-hydrogen) atoms. The number of benzene rings is 1. The number of rotatable bonds is 7. The van der Waals surface area contributed by atoms with Crippen molar-refractivity contribution in [1.82, 2.24) is 14.9 Å². The molecule has 2 aromatic rings. The predicted octanol–water partition coefficient (Wildman–Crippen LogP) is 1.86. The summed E-state index contributed by atoms with van der Waals surface area (Å²) < 4.78 is 16.9. The zero-order chi connectivity index (χ0) is 18.4. The molecule has 1 atom stereocenters. The number of nitrogens with zero attached hydrogens (tertiary/aromatic N) is 3. The van der Waals surface area contributed by atoms with Gasteiger partial charge in [0.2, 0.25) is 0 Å². The summed E-state index contributed by atoms with van der Waals surface area (Å²) in [4.78, 5) is 22.0. The van der Waals surface area contributed by atoms with E-state index in [0.29, 0.717) is 26.1 Å². The lowest BCUT2D eigenvalue weighted by molar-refractivity contribution is -0.134. The van der Waals surface area contributed by atoms with E-state index in [9.17, 15) is 4.79 Å². The highest BCUT2D eigenvalue weighted by molar-refractivity contribution is 5.78. The summed E-state index contributed by atoms with van der Waals surface area (Å²) in [7, 11) is 1.65. The second-order valence-corrected chi connectivity index (χ2v) is 6.37. The summed E-state index contributed by atoms with van der Waals surface area (Å²) >= 11 is 0. The minimum absolute atomic E-state index is 0.0946. The molecule has 7 heteroatoms. The van der Waals surface area contributed by atoms with Crippen LogP contribution >= 0.6 is 0 Å². The van der Waals surface area contributed by atoms with Crippen LogP contribution in [0, 0.1) is 6.92 Å². The molecule has 1 aliphatic heterocycles. The molecule has 1 saturated heterocycles. The summed E-state index contributed by atoms with van der Waals surface area (Å²) in [5.74, 6) is 0.674. The van der Waals surface area contributed by atoms with Crippen LogP contribution in [0.4, 0.5) is 0 Å². The van der Waals surface area contributed by atoms with E-state index in [-0.39, 0.29) is 18.5 Å². The first kappa shape index (κ1) is 18.1. The normalized spacial score (nSPS) is 19.4. The van der Waals surface area contributed by atoms with E-state index in [1.54, 1.807) is 30.5 Å². The number of amides is 1. The molecular formula is C19H23N3O4. The molecule has 0 unspecified atom stereocenters. The number of hydrogen-bond donors (Lipinski definition) is 0. The largest absolute Gasteiger partial charge is 0.491 e. The summed E-state index contributed by atoms with van der Waals surface area (Å²) in [5, 5.41) is 0. The van der Waals surface area contributed by atoms with Gasteiger partial charge in [0.15, 0.2) is 6.61 Å². The van der Waals surface area contributed by atoms with Crippen LogP contribution in [0.2, 0.25) is 0 Å². The second kappa shape index (κ2) is 8.14. The SMILES string of the molecule is CO[C@@]1(COc2ccc(C)cc2)CCN(C(=O)COc2ncccn2)C1. The lowest BCUT2D eigenvalue weighted by atomic mass is 10.0. The van der Waals surface area contributed by atoms with Gasteiger partial charge in [-0.2, -0.15) is 0 Å². The van der Waals surface area contributed by atoms with Crippen molar-refractivity contribution in [2.45, 2.75) is 18.9 Å². The zero-order valence-corrected chi connectivity index (χ0v) is 15.1. The van der Waals surface area contributed by atoms with Crippen molar-refractivity contribution in [3.05, 3.63) is 48.3 Å². The molecule has 0 spiro atoms. The molecule has 1 aliphatic rings. The Hall–Kier alpha value is -2.67. The fourth-order valence-corrected chi connectivity index (χ4v) is 2.83. The maximum atomic E-state index is 12.4. The number of hydrogen-bond acceptors (Lipinski definition) is 6. The van der Waals surface area contributed by atoms with Gasteiger partial charge in [-0.1, -0.05) is 17.7 Å². The lowest BCUT2D eigenvalue weighted by Gasteiger charge is -2.27.